The highest BCUT2D eigenvalue weighted by molar-refractivity contribution is 6.06. The van der Waals surface area contributed by atoms with Gasteiger partial charge in [0, 0.05) is 24.0 Å². The average Bonchev–Trinajstić information content (AvgIpc) is 3.76. The van der Waals surface area contributed by atoms with E-state index in [-0.39, 0.29) is 12.1 Å². The zero-order valence-electron chi connectivity index (χ0n) is 21.4. The van der Waals surface area contributed by atoms with Gasteiger partial charge in [-0.05, 0) is 83.7 Å². The third-order valence-electron chi connectivity index (χ3n) is 7.43. The van der Waals surface area contributed by atoms with Crippen molar-refractivity contribution in [2.24, 2.45) is 5.73 Å². The van der Waals surface area contributed by atoms with Crippen molar-refractivity contribution < 1.29 is 14.9 Å². The van der Waals surface area contributed by atoms with E-state index in [0.717, 1.165) is 29.0 Å². The third-order valence-corrected chi connectivity index (χ3v) is 7.43. The van der Waals surface area contributed by atoms with E-state index >= 15 is 0 Å². The minimum absolute atomic E-state index is 0.0377. The van der Waals surface area contributed by atoms with Gasteiger partial charge in [-0.1, -0.05) is 54.6 Å². The van der Waals surface area contributed by atoms with Crippen LogP contribution in [0.4, 0.5) is 5.69 Å². The maximum atomic E-state index is 11.0. The van der Waals surface area contributed by atoms with Gasteiger partial charge in [-0.3, -0.25) is 4.99 Å². The number of hydrogen-bond donors (Lipinski definition) is 3. The second kappa shape index (κ2) is 10.5. The Morgan fingerprint density at radius 2 is 1.73 bits per heavy atom. The van der Waals surface area contributed by atoms with Crippen molar-refractivity contribution in [2.45, 2.75) is 44.2 Å². The summed E-state index contributed by atoms with van der Waals surface area (Å²) < 4.78 is 0. The van der Waals surface area contributed by atoms with Crippen LogP contribution in [0.25, 0.3) is 11.6 Å². The van der Waals surface area contributed by atoms with Crippen LogP contribution in [0.15, 0.2) is 79.0 Å². The van der Waals surface area contributed by atoms with Crippen LogP contribution in [0.5, 0.6) is 0 Å². The average molecular weight is 493 g/mol. The number of benzene rings is 3. The summed E-state index contributed by atoms with van der Waals surface area (Å²) in [4.78, 5) is 16.6. The number of carbonyl (C=O) groups is 1. The van der Waals surface area contributed by atoms with Gasteiger partial charge in [0.15, 0.2) is 6.21 Å². The molecule has 0 bridgehead atoms. The molecule has 5 heteroatoms. The first-order valence-electron chi connectivity index (χ1n) is 12.9. The first-order chi connectivity index (χ1) is 18.0. The van der Waals surface area contributed by atoms with Gasteiger partial charge in [0.05, 0.1) is 11.6 Å². The number of nitrogens with one attached hydrogen (secondary N) is 1. The number of nitrogens with zero attached hydrogens (tertiary/aromatic N) is 1. The summed E-state index contributed by atoms with van der Waals surface area (Å²) >= 11 is 0. The van der Waals surface area contributed by atoms with Gasteiger partial charge in [-0.2, -0.15) is 0 Å². The first kappa shape index (κ1) is 24.6. The Morgan fingerprint density at radius 3 is 2.35 bits per heavy atom. The summed E-state index contributed by atoms with van der Waals surface area (Å²) in [6, 6.07) is 24.3. The molecule has 0 amide bonds. The molecule has 2 aliphatic rings. The summed E-state index contributed by atoms with van der Waals surface area (Å²) in [6.45, 7) is 2.29. The molecule has 0 spiro atoms. The fourth-order valence-electron chi connectivity index (χ4n) is 5.47. The molecule has 4 N–H and O–H groups in total. The molecule has 1 unspecified atom stereocenters. The lowest BCUT2D eigenvalue weighted by atomic mass is 9.83. The molecule has 37 heavy (non-hydrogen) atoms. The Balaban J connectivity index is 1.58. The van der Waals surface area contributed by atoms with Crippen molar-refractivity contribution in [2.75, 3.05) is 11.9 Å². The normalized spacial score (nSPS) is 19.9. The van der Waals surface area contributed by atoms with Crippen molar-refractivity contribution in [1.82, 2.24) is 0 Å². The monoisotopic (exact) mass is 492 g/mol. The number of carboxylic acids is 1. The smallest absolute Gasteiger partial charge is 0.328 e. The Labute approximate surface area is 218 Å². The Bertz CT molecular complexity index is 1370. The molecular weight excluding hydrogens is 458 g/mol. The van der Waals surface area contributed by atoms with Crippen LogP contribution in [0.2, 0.25) is 0 Å². The number of aliphatic carboxylic acids is 1. The topological polar surface area (TPSA) is 80.5 Å². The number of rotatable bonds is 7. The zero-order valence-corrected chi connectivity index (χ0v) is 21.4. The molecule has 1 aliphatic heterocycles. The van der Waals surface area contributed by atoms with Gasteiger partial charge in [0.2, 0.25) is 0 Å². The molecule has 0 saturated heterocycles. The highest BCUT2D eigenvalue weighted by Gasteiger charge is 2.34. The van der Waals surface area contributed by atoms with Gasteiger partial charge < -0.3 is 15.7 Å². The van der Waals surface area contributed by atoms with E-state index in [1.165, 1.54) is 46.9 Å². The van der Waals surface area contributed by atoms with Crippen molar-refractivity contribution >= 4 is 29.5 Å². The summed E-state index contributed by atoms with van der Waals surface area (Å²) in [5.41, 5.74) is 15.3. The zero-order chi connectivity index (χ0) is 25.9. The lowest BCUT2D eigenvalue weighted by Gasteiger charge is -2.44. The fraction of sp³-hybridized carbons (Fsp3) is 0.250. The number of allylic oxidation sites excluding steroid dienone is 1. The van der Waals surface area contributed by atoms with Gasteiger partial charge in [0.25, 0.3) is 0 Å². The molecule has 1 saturated carbocycles. The highest BCUT2D eigenvalue weighted by atomic mass is 16.4. The number of fused-ring (bicyclic) bond motifs is 1. The maximum Gasteiger partial charge on any atom is 0.328 e. The fourth-order valence-corrected chi connectivity index (χ4v) is 5.47. The lowest BCUT2D eigenvalue weighted by Crippen LogP contribution is -2.63. The van der Waals surface area contributed by atoms with Crippen LogP contribution in [0.1, 0.15) is 65.1 Å². The number of nitrogens with two attached hydrogens (primary N) is 1. The van der Waals surface area contributed by atoms with Crippen LogP contribution in [0, 0.1) is 0 Å². The molecule has 3 aromatic rings. The predicted octanol–water partition coefficient (Wildman–Crippen LogP) is 4.28. The number of hydrogen-bond acceptors (Lipinski definition) is 3. The van der Waals surface area contributed by atoms with E-state index in [0.29, 0.717) is 0 Å². The van der Waals surface area contributed by atoms with Crippen molar-refractivity contribution in [1.29, 1.82) is 0 Å². The van der Waals surface area contributed by atoms with Gasteiger partial charge in [-0.15, -0.1) is 0 Å². The maximum absolute atomic E-state index is 11.0. The first-order valence-corrected chi connectivity index (χ1v) is 12.9. The Hall–Kier alpha value is -4.12. The van der Waals surface area contributed by atoms with Gasteiger partial charge >= 0.3 is 5.97 Å². The van der Waals surface area contributed by atoms with Crippen molar-refractivity contribution in [3.63, 3.8) is 0 Å². The molecule has 1 fully saturated rings. The Kier molecular flexibility index (Phi) is 6.95. The van der Waals surface area contributed by atoms with E-state index in [1.54, 1.807) is 12.3 Å². The van der Waals surface area contributed by atoms with Crippen LogP contribution in [0.3, 0.4) is 0 Å². The molecular formula is C32H34N3O2+. The number of anilines is 1. The highest BCUT2D eigenvalue weighted by Crippen LogP contribution is 2.44. The molecule has 5 nitrogen and oxygen atoms in total. The molecule has 0 radical (unpaired) electrons. The van der Waals surface area contributed by atoms with E-state index in [4.69, 9.17) is 10.8 Å². The summed E-state index contributed by atoms with van der Waals surface area (Å²) in [6.07, 6.45) is 9.88. The summed E-state index contributed by atoms with van der Waals surface area (Å²) in [5.74, 6) is -0.217. The summed E-state index contributed by atoms with van der Waals surface area (Å²) in [5, 5.41) is 8.99. The standard InChI is InChI=1S/C32H33N3O2/c1-21-17-27-18-26(28(19-33)20-34-2)12-15-30(27)32(25-6-3-22(4-7-25)5-16-31(36)37)35(21)29-13-10-24(11-14-29)23-8-9-23/h3-7,10-16,18-21,23,32H,8-9,17,33H2,1-2H3,(H,36,37)/p+1/b16-5+,28-19?,34-20?/t21?,32-/m0/s1. The minimum atomic E-state index is -0.947. The van der Waals surface area contributed by atoms with Crippen LogP contribution < -0.4 is 15.6 Å². The van der Waals surface area contributed by atoms with Crippen LogP contribution in [-0.4, -0.2) is 30.4 Å². The quantitative estimate of drug-likeness (QED) is 0.340. The number of carboxylic acid groups (broad SMARTS) is 1. The molecule has 1 heterocycles. The third kappa shape index (κ3) is 5.21. The molecule has 0 aromatic heterocycles. The second-order valence-electron chi connectivity index (χ2n) is 10.0. The molecule has 5 rings (SSSR count). The van der Waals surface area contributed by atoms with Crippen molar-refractivity contribution in [3.8, 4) is 0 Å². The van der Waals surface area contributed by atoms with E-state index in [1.807, 2.05) is 25.4 Å². The predicted molar refractivity (Wildman–Crippen MR) is 151 cm³/mol. The minimum Gasteiger partial charge on any atom is -0.478 e. The second-order valence-corrected chi connectivity index (χ2v) is 10.0. The molecule has 1 aliphatic carbocycles. The van der Waals surface area contributed by atoms with Gasteiger partial charge in [-0.25, -0.2) is 4.79 Å². The SMILES string of the molecule is C[NH+]=CC(=CN)c1ccc2c(c1)CC(C)N(c1ccc(C3CC3)cc1)[C@H]2c1ccc(/C=C/C(=O)O)cc1. The molecule has 188 valence electrons. The van der Waals surface area contributed by atoms with Gasteiger partial charge in [0.1, 0.15) is 7.05 Å². The van der Waals surface area contributed by atoms with E-state index in [9.17, 15) is 4.79 Å². The molecule has 2 atom stereocenters. The molecule has 3 aromatic carbocycles. The lowest BCUT2D eigenvalue weighted by molar-refractivity contribution is -0.412. The largest absolute Gasteiger partial charge is 0.478 e. The van der Waals surface area contributed by atoms with Crippen molar-refractivity contribution in [3.05, 3.63) is 112 Å². The Morgan fingerprint density at radius 1 is 1.03 bits per heavy atom. The van der Waals surface area contributed by atoms with Crippen LogP contribution in [-0.2, 0) is 11.2 Å². The summed E-state index contributed by atoms with van der Waals surface area (Å²) in [7, 11) is 1.88. The van der Waals surface area contributed by atoms with Crippen LogP contribution >= 0.6 is 0 Å². The van der Waals surface area contributed by atoms with E-state index in [2.05, 4.69) is 71.4 Å². The van der Waals surface area contributed by atoms with E-state index < -0.39 is 5.97 Å².